The Morgan fingerprint density at radius 1 is 0.943 bits per heavy atom. The van der Waals surface area contributed by atoms with E-state index < -0.39 is 86.3 Å². The van der Waals surface area contributed by atoms with Gasteiger partial charge in [0.05, 0.1) is 24.3 Å². The summed E-state index contributed by atoms with van der Waals surface area (Å²) < 4.78 is 22.7. The maximum atomic E-state index is 13.1. The summed E-state index contributed by atoms with van der Waals surface area (Å²) in [5.74, 6) is -1.19. The van der Waals surface area contributed by atoms with Gasteiger partial charge >= 0.3 is 0 Å². The van der Waals surface area contributed by atoms with E-state index in [4.69, 9.17) is 18.9 Å². The molecule has 0 saturated carbocycles. The third-order valence-corrected chi connectivity index (χ3v) is 6.70. The second kappa shape index (κ2) is 9.19. The predicted molar refractivity (Wildman–Crippen MR) is 113 cm³/mol. The molecular weight excluding hydrogens is 468 g/mol. The van der Waals surface area contributed by atoms with Crippen LogP contribution >= 0.6 is 0 Å². The van der Waals surface area contributed by atoms with Crippen LogP contribution in [-0.4, -0.2) is 123 Å². The van der Waals surface area contributed by atoms with Gasteiger partial charge in [-0.15, -0.1) is 0 Å². The minimum atomic E-state index is -1.76. The number of fused-ring (bicyclic) bond motifs is 2. The molecule has 5 rings (SSSR count). The van der Waals surface area contributed by atoms with E-state index in [9.17, 15) is 35.1 Å². The SMILES string of the molecule is CC1=N[C@H]2[C@@H](O1)O[C@H](CO)[C@@H](O[C@@H]1O[C@H](CO)[C@@H](O)[C@H](O)[C@H]1N1C(=O)c3ccccc3C1=O)[C@@H]2O. The molecule has 0 aromatic heterocycles. The summed E-state index contributed by atoms with van der Waals surface area (Å²) in [6.45, 7) is 0.277. The number of ether oxygens (including phenoxy) is 4. The van der Waals surface area contributed by atoms with E-state index in [1.165, 1.54) is 12.1 Å². The van der Waals surface area contributed by atoms with Crippen LogP contribution in [0.1, 0.15) is 27.6 Å². The molecule has 0 aliphatic carbocycles. The van der Waals surface area contributed by atoms with Crippen LogP contribution in [0, 0.1) is 0 Å². The van der Waals surface area contributed by atoms with Gasteiger partial charge in [0.2, 0.25) is 6.29 Å². The van der Waals surface area contributed by atoms with Gasteiger partial charge in [0.25, 0.3) is 11.8 Å². The number of nitrogens with zero attached hydrogens (tertiary/aromatic N) is 2. The molecule has 0 radical (unpaired) electrons. The Labute approximate surface area is 199 Å². The number of amides is 2. The number of aliphatic imine (C=N–C) groups is 1. The Kier molecular flexibility index (Phi) is 6.35. The van der Waals surface area contributed by atoms with Gasteiger partial charge < -0.3 is 44.5 Å². The van der Waals surface area contributed by atoms with Crippen molar-refractivity contribution in [2.45, 2.75) is 68.2 Å². The van der Waals surface area contributed by atoms with E-state index in [0.29, 0.717) is 0 Å². The molecule has 10 atom stereocenters. The number of aliphatic hydroxyl groups is 5. The monoisotopic (exact) mass is 494 g/mol. The van der Waals surface area contributed by atoms with Crippen LogP contribution in [0.5, 0.6) is 0 Å². The number of hydrogen-bond donors (Lipinski definition) is 5. The van der Waals surface area contributed by atoms with Crippen molar-refractivity contribution in [2.75, 3.05) is 13.2 Å². The van der Waals surface area contributed by atoms with E-state index in [1.54, 1.807) is 19.1 Å². The summed E-state index contributed by atoms with van der Waals surface area (Å²) in [4.78, 5) is 31.2. The van der Waals surface area contributed by atoms with Crippen LogP contribution in [-0.2, 0) is 18.9 Å². The summed E-state index contributed by atoms with van der Waals surface area (Å²) in [7, 11) is 0. The number of carbonyl (C=O) groups excluding carboxylic acids is 2. The zero-order chi connectivity index (χ0) is 25.0. The van der Waals surface area contributed by atoms with Crippen molar-refractivity contribution < 1.29 is 54.1 Å². The second-order valence-corrected chi connectivity index (χ2v) is 8.80. The number of benzene rings is 1. The predicted octanol–water partition coefficient (Wildman–Crippen LogP) is -2.63. The first kappa shape index (κ1) is 24.2. The molecule has 4 heterocycles. The van der Waals surface area contributed by atoms with Crippen LogP contribution in [0.2, 0.25) is 0 Å². The Morgan fingerprint density at radius 3 is 2.17 bits per heavy atom. The zero-order valence-corrected chi connectivity index (χ0v) is 18.6. The van der Waals surface area contributed by atoms with Gasteiger partial charge in [0.1, 0.15) is 48.7 Å². The molecule has 2 fully saturated rings. The largest absolute Gasteiger partial charge is 0.450 e. The molecule has 2 amide bonds. The maximum absolute atomic E-state index is 13.1. The zero-order valence-electron chi connectivity index (χ0n) is 18.6. The van der Waals surface area contributed by atoms with Crippen LogP contribution in [0.15, 0.2) is 29.3 Å². The molecule has 5 N–H and O–H groups in total. The van der Waals surface area contributed by atoms with Crippen LogP contribution in [0.25, 0.3) is 0 Å². The smallest absolute Gasteiger partial charge is 0.262 e. The van der Waals surface area contributed by atoms with Gasteiger partial charge in [0.15, 0.2) is 12.2 Å². The van der Waals surface area contributed by atoms with Crippen LogP contribution < -0.4 is 0 Å². The minimum Gasteiger partial charge on any atom is -0.450 e. The van der Waals surface area contributed by atoms with Gasteiger partial charge in [-0.2, -0.15) is 0 Å². The van der Waals surface area contributed by atoms with Gasteiger partial charge in [0, 0.05) is 6.92 Å². The average Bonchev–Trinajstić information content (AvgIpc) is 3.35. The first-order valence-corrected chi connectivity index (χ1v) is 11.2. The third kappa shape index (κ3) is 3.84. The fraction of sp³-hybridized carbons (Fsp3) is 0.591. The van der Waals surface area contributed by atoms with Crippen molar-refractivity contribution in [3.05, 3.63) is 35.4 Å². The van der Waals surface area contributed by atoms with Crippen molar-refractivity contribution in [3.8, 4) is 0 Å². The summed E-state index contributed by atoms with van der Waals surface area (Å²) in [6.07, 6.45) is -11.0. The fourth-order valence-electron chi connectivity index (χ4n) is 4.95. The number of hydrogen-bond acceptors (Lipinski definition) is 12. The number of imide groups is 1. The molecule has 2 saturated heterocycles. The van der Waals surface area contributed by atoms with Crippen molar-refractivity contribution in [1.82, 2.24) is 4.90 Å². The minimum absolute atomic E-state index is 0.104. The fourth-order valence-corrected chi connectivity index (χ4v) is 4.95. The van der Waals surface area contributed by atoms with E-state index in [-0.39, 0.29) is 17.0 Å². The molecule has 13 nitrogen and oxygen atoms in total. The third-order valence-electron chi connectivity index (χ3n) is 6.70. The summed E-state index contributed by atoms with van der Waals surface area (Å²) >= 11 is 0. The van der Waals surface area contributed by atoms with E-state index >= 15 is 0 Å². The van der Waals surface area contributed by atoms with Crippen molar-refractivity contribution >= 4 is 17.7 Å². The Hall–Kier alpha value is -2.49. The summed E-state index contributed by atoms with van der Waals surface area (Å²) in [6, 6.07) is 3.64. The standard InChI is InChI=1S/C22H26N2O11/c1-8-23-13-16(28)18(12(7-26)34-21(13)32-8)35-22-14(17(29)15(27)11(6-25)33-22)24-19(30)9-4-2-3-5-10(9)20(24)31/h2-5,11-18,21-22,25-29H,6-7H2,1H3/t11-,12-,13-,14-,15-,16-,17-,18-,21+,22+/m1/s1. The number of aliphatic hydroxyl groups excluding tert-OH is 5. The van der Waals surface area contributed by atoms with Crippen molar-refractivity contribution in [2.24, 2.45) is 4.99 Å². The Balaban J connectivity index is 1.48. The van der Waals surface area contributed by atoms with Crippen molar-refractivity contribution in [1.29, 1.82) is 0 Å². The Bertz CT molecular complexity index is 999. The van der Waals surface area contributed by atoms with E-state index in [0.717, 1.165) is 4.90 Å². The van der Waals surface area contributed by atoms with Gasteiger partial charge in [-0.05, 0) is 12.1 Å². The molecule has 1 aromatic rings. The van der Waals surface area contributed by atoms with Crippen LogP contribution in [0.3, 0.4) is 0 Å². The lowest BCUT2D eigenvalue weighted by atomic mass is 9.94. The molecule has 0 spiro atoms. The molecule has 0 unspecified atom stereocenters. The summed E-state index contributed by atoms with van der Waals surface area (Å²) in [5.41, 5.74) is 0.208. The molecular formula is C22H26N2O11. The highest BCUT2D eigenvalue weighted by molar-refractivity contribution is 6.21. The molecule has 190 valence electrons. The van der Waals surface area contributed by atoms with Gasteiger partial charge in [-0.1, -0.05) is 12.1 Å². The molecule has 4 aliphatic heterocycles. The highest BCUT2D eigenvalue weighted by Crippen LogP contribution is 2.36. The average molecular weight is 494 g/mol. The Morgan fingerprint density at radius 2 is 1.57 bits per heavy atom. The number of carbonyl (C=O) groups is 2. The second-order valence-electron chi connectivity index (χ2n) is 8.80. The van der Waals surface area contributed by atoms with Gasteiger partial charge in [-0.3, -0.25) is 14.5 Å². The maximum Gasteiger partial charge on any atom is 0.262 e. The van der Waals surface area contributed by atoms with Crippen LogP contribution in [0.4, 0.5) is 0 Å². The molecule has 35 heavy (non-hydrogen) atoms. The molecule has 1 aromatic carbocycles. The molecule has 13 heteroatoms. The van der Waals surface area contributed by atoms with Crippen molar-refractivity contribution in [3.63, 3.8) is 0 Å². The highest BCUT2D eigenvalue weighted by Gasteiger charge is 2.56. The lowest BCUT2D eigenvalue weighted by Gasteiger charge is -2.47. The van der Waals surface area contributed by atoms with E-state index in [2.05, 4.69) is 4.99 Å². The first-order valence-electron chi connectivity index (χ1n) is 11.2. The highest BCUT2D eigenvalue weighted by atomic mass is 16.7. The topological polar surface area (TPSA) is 188 Å². The summed E-state index contributed by atoms with van der Waals surface area (Å²) in [5, 5.41) is 51.9. The van der Waals surface area contributed by atoms with Gasteiger partial charge in [-0.25, -0.2) is 4.99 Å². The normalized spacial score (nSPS) is 40.9. The lowest BCUT2D eigenvalue weighted by molar-refractivity contribution is -0.327. The molecule has 0 bridgehead atoms. The molecule has 4 aliphatic rings. The first-order chi connectivity index (χ1) is 16.8. The quantitative estimate of drug-likeness (QED) is 0.269. The lowest BCUT2D eigenvalue weighted by Crippen LogP contribution is -2.68. The van der Waals surface area contributed by atoms with E-state index in [1.807, 2.05) is 0 Å². The number of rotatable bonds is 5.